The minimum atomic E-state index is -0.254. The Morgan fingerprint density at radius 2 is 2.29 bits per heavy atom. The van der Waals surface area contributed by atoms with Crippen molar-refractivity contribution in [2.75, 3.05) is 13.2 Å². The van der Waals surface area contributed by atoms with E-state index in [4.69, 9.17) is 9.47 Å². The molecule has 1 saturated carbocycles. The van der Waals surface area contributed by atoms with Crippen molar-refractivity contribution in [1.29, 1.82) is 0 Å². The zero-order valence-corrected chi connectivity index (χ0v) is 9.81. The second-order valence-corrected chi connectivity index (χ2v) is 5.06. The summed E-state index contributed by atoms with van der Waals surface area (Å²) in [6.07, 6.45) is 3.62. The third-order valence-corrected chi connectivity index (χ3v) is 3.64. The van der Waals surface area contributed by atoms with Gasteiger partial charge in [-0.3, -0.25) is 4.98 Å². The molecule has 0 amide bonds. The lowest BCUT2D eigenvalue weighted by atomic mass is 9.65. The van der Waals surface area contributed by atoms with Crippen molar-refractivity contribution in [2.45, 2.75) is 25.9 Å². The highest BCUT2D eigenvalue weighted by Crippen LogP contribution is 2.48. The number of esters is 1. The van der Waals surface area contributed by atoms with E-state index >= 15 is 0 Å². The van der Waals surface area contributed by atoms with Gasteiger partial charge in [0.1, 0.15) is 6.10 Å². The molecule has 17 heavy (non-hydrogen) atoms. The first-order valence-corrected chi connectivity index (χ1v) is 5.89. The molecule has 2 heterocycles. The second kappa shape index (κ2) is 3.81. The second-order valence-electron chi connectivity index (χ2n) is 5.06. The van der Waals surface area contributed by atoms with Crippen molar-refractivity contribution >= 4 is 5.97 Å². The molecule has 1 aliphatic carbocycles. The van der Waals surface area contributed by atoms with Gasteiger partial charge >= 0.3 is 5.97 Å². The largest absolute Gasteiger partial charge is 0.459 e. The van der Waals surface area contributed by atoms with Gasteiger partial charge in [-0.05, 0) is 31.9 Å². The molecule has 0 atom stereocenters. The van der Waals surface area contributed by atoms with Gasteiger partial charge < -0.3 is 9.47 Å². The van der Waals surface area contributed by atoms with Gasteiger partial charge in [0.05, 0.1) is 24.5 Å². The fourth-order valence-corrected chi connectivity index (χ4v) is 2.53. The predicted molar refractivity (Wildman–Crippen MR) is 60.7 cm³/mol. The van der Waals surface area contributed by atoms with Gasteiger partial charge in [0.25, 0.3) is 0 Å². The number of carbonyl (C=O) groups excluding carboxylic acids is 1. The van der Waals surface area contributed by atoms with Crippen LogP contribution in [0.3, 0.4) is 0 Å². The Kier molecular flexibility index (Phi) is 2.40. The van der Waals surface area contributed by atoms with Crippen LogP contribution in [0.4, 0.5) is 0 Å². The van der Waals surface area contributed by atoms with Crippen LogP contribution in [-0.2, 0) is 9.47 Å². The molecule has 2 fully saturated rings. The molecule has 0 unspecified atom stereocenters. The summed E-state index contributed by atoms with van der Waals surface area (Å²) in [6.45, 7) is 3.47. The van der Waals surface area contributed by atoms with E-state index in [-0.39, 0.29) is 12.1 Å². The molecule has 0 radical (unpaired) electrons. The van der Waals surface area contributed by atoms with Crippen molar-refractivity contribution in [3.63, 3.8) is 0 Å². The lowest BCUT2D eigenvalue weighted by Crippen LogP contribution is -2.55. The summed E-state index contributed by atoms with van der Waals surface area (Å²) in [5.74, 6) is -0.254. The Labute approximate surface area is 99.9 Å². The molecule has 1 spiro atoms. The smallest absolute Gasteiger partial charge is 0.340 e. The molecule has 3 rings (SSSR count). The first kappa shape index (κ1) is 10.7. The lowest BCUT2D eigenvalue weighted by Gasteiger charge is -2.52. The first-order chi connectivity index (χ1) is 8.19. The van der Waals surface area contributed by atoms with Crippen LogP contribution in [0.15, 0.2) is 18.3 Å². The molecule has 2 aliphatic rings. The van der Waals surface area contributed by atoms with Crippen molar-refractivity contribution < 1.29 is 14.3 Å². The fourth-order valence-electron chi connectivity index (χ4n) is 2.53. The average Bonchev–Trinajstić information content (AvgIpc) is 2.20. The van der Waals surface area contributed by atoms with E-state index in [2.05, 4.69) is 4.98 Å². The number of aryl methyl sites for hydroxylation is 1. The van der Waals surface area contributed by atoms with E-state index in [0.717, 1.165) is 31.7 Å². The van der Waals surface area contributed by atoms with Gasteiger partial charge in [-0.15, -0.1) is 0 Å². The van der Waals surface area contributed by atoms with Gasteiger partial charge in [0.2, 0.25) is 0 Å². The molecule has 1 saturated heterocycles. The van der Waals surface area contributed by atoms with Gasteiger partial charge in [0.15, 0.2) is 0 Å². The molecule has 4 heteroatoms. The molecular formula is C13H15NO3. The van der Waals surface area contributed by atoms with Crippen LogP contribution in [0.1, 0.15) is 28.9 Å². The normalized spacial score (nSPS) is 21.7. The van der Waals surface area contributed by atoms with Crippen LogP contribution in [-0.4, -0.2) is 30.3 Å². The van der Waals surface area contributed by atoms with Gasteiger partial charge in [-0.25, -0.2) is 4.79 Å². The summed E-state index contributed by atoms with van der Waals surface area (Å²) in [5, 5.41) is 0. The summed E-state index contributed by atoms with van der Waals surface area (Å²) >= 11 is 0. The van der Waals surface area contributed by atoms with E-state index in [1.807, 2.05) is 6.92 Å². The Morgan fingerprint density at radius 1 is 1.53 bits per heavy atom. The van der Waals surface area contributed by atoms with Crippen LogP contribution in [0, 0.1) is 12.3 Å². The van der Waals surface area contributed by atoms with Crippen molar-refractivity contribution in [1.82, 2.24) is 4.98 Å². The maximum absolute atomic E-state index is 11.9. The van der Waals surface area contributed by atoms with Crippen LogP contribution >= 0.6 is 0 Å². The van der Waals surface area contributed by atoms with E-state index in [1.165, 1.54) is 0 Å². The number of rotatable bonds is 2. The third kappa shape index (κ3) is 1.82. The highest BCUT2D eigenvalue weighted by molar-refractivity contribution is 5.90. The first-order valence-electron chi connectivity index (χ1n) is 5.89. The predicted octanol–water partition coefficient (Wildman–Crippen LogP) is 1.73. The lowest BCUT2D eigenvalue weighted by molar-refractivity contribution is -0.197. The Balaban J connectivity index is 1.59. The standard InChI is InChI=1S/C13H15NO3/c1-9-11(3-2-4-14-9)12(15)17-10-5-13(6-10)7-16-8-13/h2-4,10H,5-8H2,1H3. The third-order valence-electron chi connectivity index (χ3n) is 3.64. The number of hydrogen-bond acceptors (Lipinski definition) is 4. The summed E-state index contributed by atoms with van der Waals surface area (Å²) in [5.41, 5.74) is 1.62. The number of hydrogen-bond donors (Lipinski definition) is 0. The average molecular weight is 233 g/mol. The van der Waals surface area contributed by atoms with Crippen LogP contribution in [0.25, 0.3) is 0 Å². The zero-order valence-electron chi connectivity index (χ0n) is 9.81. The molecule has 1 aromatic rings. The molecule has 90 valence electrons. The van der Waals surface area contributed by atoms with Gasteiger partial charge in [0, 0.05) is 11.6 Å². The number of aromatic nitrogens is 1. The van der Waals surface area contributed by atoms with Crippen molar-refractivity contribution in [2.24, 2.45) is 5.41 Å². The molecule has 0 aromatic carbocycles. The van der Waals surface area contributed by atoms with Gasteiger partial charge in [-0.2, -0.15) is 0 Å². The molecule has 0 N–H and O–H groups in total. The fraction of sp³-hybridized carbons (Fsp3) is 0.538. The SMILES string of the molecule is Cc1ncccc1C(=O)OC1CC2(COC2)C1. The Hall–Kier alpha value is -1.42. The number of carbonyl (C=O) groups is 1. The molecule has 1 aliphatic heterocycles. The molecule has 1 aromatic heterocycles. The summed E-state index contributed by atoms with van der Waals surface area (Å²) in [7, 11) is 0. The maximum Gasteiger partial charge on any atom is 0.340 e. The van der Waals surface area contributed by atoms with Crippen molar-refractivity contribution in [3.8, 4) is 0 Å². The molecular weight excluding hydrogens is 218 g/mol. The van der Waals surface area contributed by atoms with Crippen LogP contribution in [0.2, 0.25) is 0 Å². The van der Waals surface area contributed by atoms with Crippen LogP contribution < -0.4 is 0 Å². The summed E-state index contributed by atoms with van der Waals surface area (Å²) < 4.78 is 10.6. The topological polar surface area (TPSA) is 48.4 Å². The number of pyridine rings is 1. The van der Waals surface area contributed by atoms with Crippen LogP contribution in [0.5, 0.6) is 0 Å². The monoisotopic (exact) mass is 233 g/mol. The highest BCUT2D eigenvalue weighted by atomic mass is 16.5. The molecule has 0 bridgehead atoms. The van der Waals surface area contributed by atoms with Crippen molar-refractivity contribution in [3.05, 3.63) is 29.6 Å². The van der Waals surface area contributed by atoms with E-state index < -0.39 is 0 Å². The number of nitrogens with zero attached hydrogens (tertiary/aromatic N) is 1. The van der Waals surface area contributed by atoms with E-state index in [1.54, 1.807) is 18.3 Å². The quantitative estimate of drug-likeness (QED) is 0.730. The highest BCUT2D eigenvalue weighted by Gasteiger charge is 2.51. The van der Waals surface area contributed by atoms with E-state index in [9.17, 15) is 4.79 Å². The van der Waals surface area contributed by atoms with E-state index in [0.29, 0.717) is 11.0 Å². The Morgan fingerprint density at radius 3 is 2.88 bits per heavy atom. The number of ether oxygens (including phenoxy) is 2. The molecule has 4 nitrogen and oxygen atoms in total. The summed E-state index contributed by atoms with van der Waals surface area (Å²) in [4.78, 5) is 16.0. The minimum Gasteiger partial charge on any atom is -0.459 e. The zero-order chi connectivity index (χ0) is 11.9. The maximum atomic E-state index is 11.9. The summed E-state index contributed by atoms with van der Waals surface area (Å²) in [6, 6.07) is 3.51. The minimum absolute atomic E-state index is 0.0611. The van der Waals surface area contributed by atoms with Gasteiger partial charge in [-0.1, -0.05) is 0 Å². The Bertz CT molecular complexity index is 446.